The summed E-state index contributed by atoms with van der Waals surface area (Å²) in [5.74, 6) is 0. The van der Waals surface area contributed by atoms with Crippen LogP contribution < -0.4 is 0 Å². The molecule has 0 radical (unpaired) electrons. The summed E-state index contributed by atoms with van der Waals surface area (Å²) in [6.07, 6.45) is 0.955. The molecule has 0 atom stereocenters. The van der Waals surface area contributed by atoms with Crippen LogP contribution in [0, 0.1) is 13.8 Å². The van der Waals surface area contributed by atoms with Crippen LogP contribution in [-0.4, -0.2) is 4.98 Å². The summed E-state index contributed by atoms with van der Waals surface area (Å²) >= 11 is 9.54. The molecule has 1 heterocycles. The normalized spacial score (nSPS) is 11.1. The van der Waals surface area contributed by atoms with Crippen molar-refractivity contribution in [3.63, 3.8) is 0 Å². The molecule has 0 fully saturated rings. The molecule has 1 aromatic carbocycles. The van der Waals surface area contributed by atoms with Gasteiger partial charge in [0.2, 0.25) is 0 Å². The van der Waals surface area contributed by atoms with Gasteiger partial charge in [-0.1, -0.05) is 18.5 Å². The lowest BCUT2D eigenvalue weighted by Crippen LogP contribution is -1.97. The minimum Gasteiger partial charge on any atom is -0.253 e. The van der Waals surface area contributed by atoms with Crippen molar-refractivity contribution in [3.05, 3.63) is 38.4 Å². The molecule has 0 spiro atoms. The third kappa shape index (κ3) is 1.85. The van der Waals surface area contributed by atoms with E-state index in [1.165, 1.54) is 16.5 Å². The number of halogens is 2. The van der Waals surface area contributed by atoms with Gasteiger partial charge in [-0.2, -0.15) is 0 Å². The lowest BCUT2D eigenvalue weighted by atomic mass is 10.0. The van der Waals surface area contributed by atoms with E-state index >= 15 is 0 Å². The van der Waals surface area contributed by atoms with Gasteiger partial charge in [0.1, 0.15) is 0 Å². The third-order valence-corrected chi connectivity index (χ3v) is 4.23. The number of nitrogens with zero attached hydrogens (tertiary/aromatic N) is 1. The van der Waals surface area contributed by atoms with Crippen molar-refractivity contribution in [2.45, 2.75) is 27.2 Å². The Bertz CT molecular complexity index is 564. The average molecular weight is 299 g/mol. The highest BCUT2D eigenvalue weighted by molar-refractivity contribution is 9.10. The summed E-state index contributed by atoms with van der Waals surface area (Å²) in [7, 11) is 0. The van der Waals surface area contributed by atoms with Crippen molar-refractivity contribution in [2.75, 3.05) is 0 Å². The molecule has 16 heavy (non-hydrogen) atoms. The maximum absolute atomic E-state index is 6.09. The number of pyridine rings is 1. The summed E-state index contributed by atoms with van der Waals surface area (Å²) in [5, 5.41) is 1.89. The minimum absolute atomic E-state index is 0.713. The molecule has 84 valence electrons. The third-order valence-electron chi connectivity index (χ3n) is 3.03. The van der Waals surface area contributed by atoms with Crippen molar-refractivity contribution < 1.29 is 0 Å². The molecule has 3 heteroatoms. The van der Waals surface area contributed by atoms with Gasteiger partial charge in [0.15, 0.2) is 0 Å². The molecule has 0 unspecified atom stereocenters. The van der Waals surface area contributed by atoms with Crippen molar-refractivity contribution >= 4 is 38.4 Å². The van der Waals surface area contributed by atoms with Crippen LogP contribution in [0.3, 0.4) is 0 Å². The number of fused-ring (bicyclic) bond motifs is 1. The number of aromatic nitrogens is 1. The van der Waals surface area contributed by atoms with E-state index in [2.05, 4.69) is 41.7 Å². The molecule has 1 aromatic heterocycles. The highest BCUT2D eigenvalue weighted by atomic mass is 79.9. The van der Waals surface area contributed by atoms with Crippen LogP contribution in [0.15, 0.2) is 16.6 Å². The van der Waals surface area contributed by atoms with E-state index in [-0.39, 0.29) is 0 Å². The quantitative estimate of drug-likeness (QED) is 0.735. The zero-order valence-electron chi connectivity index (χ0n) is 9.56. The van der Waals surface area contributed by atoms with Crippen molar-refractivity contribution in [1.82, 2.24) is 4.98 Å². The van der Waals surface area contributed by atoms with Gasteiger partial charge >= 0.3 is 0 Å². The number of benzene rings is 1. The predicted molar refractivity (Wildman–Crippen MR) is 73.3 cm³/mol. The van der Waals surface area contributed by atoms with Crippen molar-refractivity contribution in [1.29, 1.82) is 0 Å². The van der Waals surface area contributed by atoms with E-state index in [1.807, 2.05) is 12.1 Å². The monoisotopic (exact) mass is 297 g/mol. The standard InChI is InChI=1S/C13H13BrClN/c1-4-12-8(3)7(2)9-5-10(14)11(15)6-13(9)16-12/h5-6H,4H2,1-3H3. The van der Waals surface area contributed by atoms with E-state index in [0.717, 1.165) is 22.1 Å². The Balaban J connectivity index is 2.87. The van der Waals surface area contributed by atoms with Crippen molar-refractivity contribution in [3.8, 4) is 0 Å². The second-order valence-electron chi connectivity index (χ2n) is 3.95. The number of hydrogen-bond acceptors (Lipinski definition) is 1. The van der Waals surface area contributed by atoms with E-state index in [0.29, 0.717) is 5.02 Å². The molecular formula is C13H13BrClN. The summed E-state index contributed by atoms with van der Waals surface area (Å²) < 4.78 is 0.926. The maximum atomic E-state index is 6.09. The first kappa shape index (κ1) is 11.9. The zero-order valence-corrected chi connectivity index (χ0v) is 11.9. The SMILES string of the molecule is CCc1nc2cc(Cl)c(Br)cc2c(C)c1C. The van der Waals surface area contributed by atoms with E-state index in [9.17, 15) is 0 Å². The van der Waals surface area contributed by atoms with E-state index < -0.39 is 0 Å². The van der Waals surface area contributed by atoms with Gasteiger partial charge in [-0.15, -0.1) is 0 Å². The molecule has 0 bridgehead atoms. The lowest BCUT2D eigenvalue weighted by molar-refractivity contribution is 1.02. The number of rotatable bonds is 1. The van der Waals surface area contributed by atoms with Gasteiger partial charge in [-0.05, 0) is 59.5 Å². The fourth-order valence-electron chi connectivity index (χ4n) is 1.92. The van der Waals surface area contributed by atoms with Crippen LogP contribution in [-0.2, 0) is 6.42 Å². The lowest BCUT2D eigenvalue weighted by Gasteiger charge is -2.11. The van der Waals surface area contributed by atoms with E-state index in [1.54, 1.807) is 0 Å². The Morgan fingerprint density at radius 1 is 1.25 bits per heavy atom. The van der Waals surface area contributed by atoms with Crippen LogP contribution in [0.1, 0.15) is 23.7 Å². The van der Waals surface area contributed by atoms with Gasteiger partial charge in [0.25, 0.3) is 0 Å². The van der Waals surface area contributed by atoms with Crippen LogP contribution >= 0.6 is 27.5 Å². The van der Waals surface area contributed by atoms with Crippen LogP contribution in [0.5, 0.6) is 0 Å². The first-order chi connectivity index (χ1) is 7.54. The molecule has 0 saturated heterocycles. The zero-order chi connectivity index (χ0) is 11.9. The molecule has 1 nitrogen and oxygen atoms in total. The Hall–Kier alpha value is -0.600. The first-order valence-corrected chi connectivity index (χ1v) is 6.46. The maximum Gasteiger partial charge on any atom is 0.0723 e. The Morgan fingerprint density at radius 2 is 1.94 bits per heavy atom. The molecule has 0 aliphatic heterocycles. The van der Waals surface area contributed by atoms with Gasteiger partial charge in [-0.3, -0.25) is 4.98 Å². The molecule has 0 aliphatic rings. The predicted octanol–water partition coefficient (Wildman–Crippen LogP) is 4.83. The topological polar surface area (TPSA) is 12.9 Å². The fraction of sp³-hybridized carbons (Fsp3) is 0.308. The second-order valence-corrected chi connectivity index (χ2v) is 5.21. The fourth-order valence-corrected chi connectivity index (χ4v) is 2.42. The molecule has 0 aliphatic carbocycles. The van der Waals surface area contributed by atoms with Gasteiger partial charge in [-0.25, -0.2) is 0 Å². The largest absolute Gasteiger partial charge is 0.253 e. The molecule has 2 aromatic rings. The molecule has 0 amide bonds. The van der Waals surface area contributed by atoms with Gasteiger partial charge in [0.05, 0.1) is 10.5 Å². The molecule has 0 saturated carbocycles. The highest BCUT2D eigenvalue weighted by Gasteiger charge is 2.09. The second kappa shape index (κ2) is 4.34. The summed E-state index contributed by atoms with van der Waals surface area (Å²) in [5.41, 5.74) is 4.71. The Labute approximate surface area is 109 Å². The first-order valence-electron chi connectivity index (χ1n) is 5.29. The van der Waals surface area contributed by atoms with Crippen molar-refractivity contribution in [2.24, 2.45) is 0 Å². The number of hydrogen-bond donors (Lipinski definition) is 0. The number of aryl methyl sites for hydroxylation is 2. The molecule has 2 rings (SSSR count). The van der Waals surface area contributed by atoms with Gasteiger partial charge in [0, 0.05) is 15.6 Å². The smallest absolute Gasteiger partial charge is 0.0723 e. The Kier molecular flexibility index (Phi) is 3.22. The van der Waals surface area contributed by atoms with Crippen LogP contribution in [0.2, 0.25) is 5.02 Å². The summed E-state index contributed by atoms with van der Waals surface area (Å²) in [6, 6.07) is 3.97. The molecule has 0 N–H and O–H groups in total. The van der Waals surface area contributed by atoms with Crippen LogP contribution in [0.4, 0.5) is 0 Å². The van der Waals surface area contributed by atoms with E-state index in [4.69, 9.17) is 11.6 Å². The highest BCUT2D eigenvalue weighted by Crippen LogP contribution is 2.30. The Morgan fingerprint density at radius 3 is 2.56 bits per heavy atom. The average Bonchev–Trinajstić information content (AvgIpc) is 2.26. The summed E-state index contributed by atoms with van der Waals surface area (Å²) in [6.45, 7) is 6.39. The molecular weight excluding hydrogens is 286 g/mol. The van der Waals surface area contributed by atoms with Gasteiger partial charge < -0.3 is 0 Å². The summed E-state index contributed by atoms with van der Waals surface area (Å²) in [4.78, 5) is 4.65. The minimum atomic E-state index is 0.713. The van der Waals surface area contributed by atoms with Crippen LogP contribution in [0.25, 0.3) is 10.9 Å².